The summed E-state index contributed by atoms with van der Waals surface area (Å²) in [5, 5.41) is 3.32. The molecule has 32 heavy (non-hydrogen) atoms. The van der Waals surface area contributed by atoms with Crippen LogP contribution in [-0.2, 0) is 27.8 Å². The van der Waals surface area contributed by atoms with Crippen LogP contribution in [0.2, 0.25) is 0 Å². The second-order valence-electron chi connectivity index (χ2n) is 7.40. The molecule has 1 fully saturated rings. The summed E-state index contributed by atoms with van der Waals surface area (Å²) in [6, 6.07) is 11.2. The van der Waals surface area contributed by atoms with Crippen LogP contribution in [0.5, 0.6) is 0 Å². The Morgan fingerprint density at radius 1 is 1.16 bits per heavy atom. The zero-order valence-corrected chi connectivity index (χ0v) is 19.8. The number of esters is 1. The van der Waals surface area contributed by atoms with E-state index in [0.29, 0.717) is 5.69 Å². The molecule has 0 amide bonds. The summed E-state index contributed by atoms with van der Waals surface area (Å²) in [5.41, 5.74) is 1.82. The standard InChI is InChI=1S/C22H28FN3O4S.ClH/c1-3-31(28,29)26(16-19-7-6-18(14-21(19)23)22(27)30-2)20-8-4-17(5-9-20)15-25-12-10-24-11-13-25;/h4-9,14,24H,3,10-13,15-16H2,1-2H3;1H. The number of sulfonamides is 1. The van der Waals surface area contributed by atoms with Crippen LogP contribution in [0, 0.1) is 5.82 Å². The van der Waals surface area contributed by atoms with Crippen molar-refractivity contribution >= 4 is 34.1 Å². The summed E-state index contributed by atoms with van der Waals surface area (Å²) in [6.07, 6.45) is 0. The number of piperazine rings is 1. The lowest BCUT2D eigenvalue weighted by Crippen LogP contribution is -2.42. The molecule has 176 valence electrons. The van der Waals surface area contributed by atoms with Crippen LogP contribution in [-0.4, -0.2) is 58.3 Å². The average molecular weight is 486 g/mol. The van der Waals surface area contributed by atoms with Crippen molar-refractivity contribution in [3.63, 3.8) is 0 Å². The third-order valence-electron chi connectivity index (χ3n) is 5.33. The summed E-state index contributed by atoms with van der Waals surface area (Å²) in [7, 11) is -2.43. The van der Waals surface area contributed by atoms with Crippen LogP contribution in [0.15, 0.2) is 42.5 Å². The molecule has 2 aromatic rings. The molecule has 1 heterocycles. The lowest BCUT2D eigenvalue weighted by Gasteiger charge is -2.28. The largest absolute Gasteiger partial charge is 0.465 e. The number of hydrogen-bond donors (Lipinski definition) is 1. The number of anilines is 1. The topological polar surface area (TPSA) is 79.0 Å². The number of hydrogen-bond acceptors (Lipinski definition) is 6. The van der Waals surface area contributed by atoms with Gasteiger partial charge in [0.05, 0.1) is 30.7 Å². The molecule has 0 spiro atoms. The third-order valence-corrected chi connectivity index (χ3v) is 7.07. The Labute approximate surface area is 195 Å². The van der Waals surface area contributed by atoms with E-state index in [4.69, 9.17) is 0 Å². The van der Waals surface area contributed by atoms with Crippen molar-refractivity contribution in [1.82, 2.24) is 10.2 Å². The normalized spacial score (nSPS) is 14.5. The van der Waals surface area contributed by atoms with Crippen molar-refractivity contribution in [3.05, 3.63) is 65.0 Å². The summed E-state index contributed by atoms with van der Waals surface area (Å²) < 4.78 is 45.9. The van der Waals surface area contributed by atoms with Crippen LogP contribution in [0.3, 0.4) is 0 Å². The van der Waals surface area contributed by atoms with Gasteiger partial charge in [-0.1, -0.05) is 18.2 Å². The van der Waals surface area contributed by atoms with Gasteiger partial charge >= 0.3 is 5.97 Å². The van der Waals surface area contributed by atoms with E-state index in [9.17, 15) is 17.6 Å². The van der Waals surface area contributed by atoms with Gasteiger partial charge in [-0.3, -0.25) is 9.21 Å². The zero-order valence-electron chi connectivity index (χ0n) is 18.2. The maximum atomic E-state index is 14.6. The van der Waals surface area contributed by atoms with E-state index >= 15 is 0 Å². The first-order valence-corrected chi connectivity index (χ1v) is 11.8. The number of carbonyl (C=O) groups excluding carboxylic acids is 1. The van der Waals surface area contributed by atoms with Crippen molar-refractivity contribution in [3.8, 4) is 0 Å². The summed E-state index contributed by atoms with van der Waals surface area (Å²) in [4.78, 5) is 13.9. The minimum absolute atomic E-state index is 0. The molecule has 0 unspecified atom stereocenters. The number of methoxy groups -OCH3 is 1. The van der Waals surface area contributed by atoms with Crippen molar-refractivity contribution in [2.24, 2.45) is 0 Å². The van der Waals surface area contributed by atoms with Gasteiger partial charge in [-0.25, -0.2) is 17.6 Å². The van der Waals surface area contributed by atoms with Gasteiger partial charge in [0, 0.05) is 38.3 Å². The monoisotopic (exact) mass is 485 g/mol. The molecule has 0 saturated carbocycles. The zero-order chi connectivity index (χ0) is 22.4. The van der Waals surface area contributed by atoms with Crippen LogP contribution in [0.4, 0.5) is 10.1 Å². The number of nitrogens with one attached hydrogen (secondary N) is 1. The Bertz CT molecular complexity index is 1010. The van der Waals surface area contributed by atoms with Gasteiger partial charge in [0.25, 0.3) is 0 Å². The fraction of sp³-hybridized carbons (Fsp3) is 0.409. The highest BCUT2D eigenvalue weighted by atomic mass is 35.5. The lowest BCUT2D eigenvalue weighted by atomic mass is 10.1. The molecule has 10 heteroatoms. The highest BCUT2D eigenvalue weighted by Crippen LogP contribution is 2.24. The van der Waals surface area contributed by atoms with Crippen LogP contribution in [0.25, 0.3) is 0 Å². The van der Waals surface area contributed by atoms with Crippen LogP contribution >= 0.6 is 12.4 Å². The second kappa shape index (κ2) is 11.6. The molecule has 3 rings (SSSR count). The number of halogens is 2. The first-order valence-electron chi connectivity index (χ1n) is 10.2. The van der Waals surface area contributed by atoms with Crippen LogP contribution in [0.1, 0.15) is 28.4 Å². The molecule has 0 bridgehead atoms. The molecular weight excluding hydrogens is 457 g/mol. The fourth-order valence-corrected chi connectivity index (χ4v) is 4.57. The molecule has 0 radical (unpaired) electrons. The van der Waals surface area contributed by atoms with Crippen molar-refractivity contribution in [1.29, 1.82) is 0 Å². The third kappa shape index (κ3) is 6.41. The van der Waals surface area contributed by atoms with Gasteiger partial charge in [-0.05, 0) is 36.8 Å². The Balaban J connectivity index is 0.00000363. The minimum atomic E-state index is -3.64. The second-order valence-corrected chi connectivity index (χ2v) is 9.58. The van der Waals surface area contributed by atoms with E-state index in [2.05, 4.69) is 15.0 Å². The van der Waals surface area contributed by atoms with Gasteiger partial charge in [0.2, 0.25) is 10.0 Å². The molecule has 2 aromatic carbocycles. The number of ether oxygens (including phenoxy) is 1. The highest BCUT2D eigenvalue weighted by molar-refractivity contribution is 7.92. The molecule has 7 nitrogen and oxygen atoms in total. The molecule has 0 aromatic heterocycles. The van der Waals surface area contributed by atoms with E-state index < -0.39 is 21.8 Å². The van der Waals surface area contributed by atoms with E-state index in [1.165, 1.54) is 23.5 Å². The Morgan fingerprint density at radius 3 is 2.38 bits per heavy atom. The maximum Gasteiger partial charge on any atom is 0.337 e. The molecule has 1 aliphatic rings. The molecule has 0 atom stereocenters. The quantitative estimate of drug-likeness (QED) is 0.579. The summed E-state index contributed by atoms with van der Waals surface area (Å²) >= 11 is 0. The van der Waals surface area contributed by atoms with Gasteiger partial charge in [0.1, 0.15) is 5.82 Å². The van der Waals surface area contributed by atoms with Gasteiger partial charge in [-0.15, -0.1) is 12.4 Å². The van der Waals surface area contributed by atoms with E-state index in [1.807, 2.05) is 12.1 Å². The summed E-state index contributed by atoms with van der Waals surface area (Å²) in [5.74, 6) is -1.42. The first-order chi connectivity index (χ1) is 14.8. The predicted molar refractivity (Wildman–Crippen MR) is 125 cm³/mol. The van der Waals surface area contributed by atoms with Crippen molar-refractivity contribution in [2.45, 2.75) is 20.0 Å². The number of benzene rings is 2. The molecule has 1 saturated heterocycles. The number of nitrogens with zero attached hydrogens (tertiary/aromatic N) is 2. The van der Waals surface area contributed by atoms with Crippen molar-refractivity contribution in [2.75, 3.05) is 43.3 Å². The van der Waals surface area contributed by atoms with Crippen molar-refractivity contribution < 1.29 is 22.3 Å². The van der Waals surface area contributed by atoms with Gasteiger partial charge < -0.3 is 10.1 Å². The first kappa shape index (κ1) is 26.1. The smallest absolute Gasteiger partial charge is 0.337 e. The molecular formula is C22H29ClFN3O4S. The molecule has 1 aliphatic heterocycles. The average Bonchev–Trinajstić information content (AvgIpc) is 2.79. The highest BCUT2D eigenvalue weighted by Gasteiger charge is 2.23. The molecule has 1 N–H and O–H groups in total. The van der Waals surface area contributed by atoms with E-state index in [0.717, 1.165) is 44.4 Å². The Hall–Kier alpha value is -2.20. The maximum absolute atomic E-state index is 14.6. The predicted octanol–water partition coefficient (Wildman–Crippen LogP) is 2.80. The lowest BCUT2D eigenvalue weighted by molar-refractivity contribution is 0.0600. The SMILES string of the molecule is CCS(=O)(=O)N(Cc1ccc(C(=O)OC)cc1F)c1ccc(CN2CCNCC2)cc1.Cl. The fourth-order valence-electron chi connectivity index (χ4n) is 3.48. The van der Waals surface area contributed by atoms with E-state index in [-0.39, 0.29) is 35.8 Å². The molecule has 0 aliphatic carbocycles. The number of carbonyl (C=O) groups is 1. The van der Waals surface area contributed by atoms with Gasteiger partial charge in [-0.2, -0.15) is 0 Å². The minimum Gasteiger partial charge on any atom is -0.465 e. The number of rotatable bonds is 8. The van der Waals surface area contributed by atoms with E-state index in [1.54, 1.807) is 19.1 Å². The summed E-state index contributed by atoms with van der Waals surface area (Å²) in [6.45, 7) is 6.05. The Morgan fingerprint density at radius 2 is 1.81 bits per heavy atom. The Kier molecular flexibility index (Phi) is 9.45. The van der Waals surface area contributed by atoms with Crippen LogP contribution < -0.4 is 9.62 Å². The van der Waals surface area contributed by atoms with Gasteiger partial charge in [0.15, 0.2) is 0 Å².